The van der Waals surface area contributed by atoms with Crippen molar-refractivity contribution in [2.24, 2.45) is 5.41 Å². The molecule has 0 amide bonds. The van der Waals surface area contributed by atoms with Crippen molar-refractivity contribution in [2.45, 2.75) is 72.3 Å². The van der Waals surface area contributed by atoms with Crippen LogP contribution in [-0.2, 0) is 9.53 Å². The average Bonchev–Trinajstić information content (AvgIpc) is 2.24. The van der Waals surface area contributed by atoms with Gasteiger partial charge in [0.2, 0.25) is 0 Å². The van der Waals surface area contributed by atoms with Crippen LogP contribution in [-0.4, -0.2) is 12.1 Å². The van der Waals surface area contributed by atoms with E-state index in [1.165, 1.54) is 31.8 Å². The Hall–Kier alpha value is -0.790. The lowest BCUT2D eigenvalue weighted by Crippen LogP contribution is -2.33. The molecule has 98 valence electrons. The summed E-state index contributed by atoms with van der Waals surface area (Å²) in [5.41, 5.74) is 1.78. The fraction of sp³-hybridized carbons (Fsp3) is 0.800. The summed E-state index contributed by atoms with van der Waals surface area (Å²) in [6.45, 7) is 8.19. The molecule has 2 atom stereocenters. The normalized spacial score (nSPS) is 30.1. The van der Waals surface area contributed by atoms with Gasteiger partial charge in [-0.05, 0) is 44.4 Å². The third-order valence-corrected chi connectivity index (χ3v) is 3.91. The van der Waals surface area contributed by atoms with Gasteiger partial charge in [-0.25, -0.2) is 0 Å². The molecule has 0 aromatic rings. The van der Waals surface area contributed by atoms with E-state index in [1.54, 1.807) is 0 Å². The SMILES string of the molecule is C/C=C(\CCC)C1(C)CCCC(OC(C)=O)C1. The van der Waals surface area contributed by atoms with Gasteiger partial charge in [-0.2, -0.15) is 0 Å². The van der Waals surface area contributed by atoms with Gasteiger partial charge in [0.1, 0.15) is 6.10 Å². The first-order valence-electron chi connectivity index (χ1n) is 6.84. The number of rotatable bonds is 4. The standard InChI is InChI=1S/C15H26O2/c1-5-8-13(6-2)15(4)10-7-9-14(11-15)17-12(3)16/h6,14H,5,7-11H2,1-4H3/b13-6+. The zero-order valence-electron chi connectivity index (χ0n) is 11.7. The lowest BCUT2D eigenvalue weighted by atomic mass is 9.68. The highest BCUT2D eigenvalue weighted by Crippen LogP contribution is 2.44. The molecule has 2 heteroatoms. The Bertz CT molecular complexity index is 293. The van der Waals surface area contributed by atoms with E-state index in [0.717, 1.165) is 19.3 Å². The fourth-order valence-corrected chi connectivity index (χ4v) is 3.12. The summed E-state index contributed by atoms with van der Waals surface area (Å²) in [5.74, 6) is -0.142. The summed E-state index contributed by atoms with van der Waals surface area (Å²) in [6, 6.07) is 0. The Morgan fingerprint density at radius 1 is 1.53 bits per heavy atom. The Morgan fingerprint density at radius 2 is 2.24 bits per heavy atom. The molecule has 17 heavy (non-hydrogen) atoms. The monoisotopic (exact) mass is 238 g/mol. The van der Waals surface area contributed by atoms with Crippen LogP contribution in [0.2, 0.25) is 0 Å². The Kier molecular flexibility index (Phi) is 5.23. The minimum Gasteiger partial charge on any atom is -0.463 e. The van der Waals surface area contributed by atoms with E-state index in [4.69, 9.17) is 4.74 Å². The molecular formula is C15H26O2. The maximum atomic E-state index is 11.1. The molecule has 0 aromatic carbocycles. The maximum Gasteiger partial charge on any atom is 0.302 e. The van der Waals surface area contributed by atoms with Gasteiger partial charge in [-0.3, -0.25) is 4.79 Å². The highest BCUT2D eigenvalue weighted by molar-refractivity contribution is 5.66. The van der Waals surface area contributed by atoms with Crippen LogP contribution in [0.15, 0.2) is 11.6 Å². The number of ether oxygens (including phenoxy) is 1. The van der Waals surface area contributed by atoms with Crippen molar-refractivity contribution in [3.8, 4) is 0 Å². The van der Waals surface area contributed by atoms with Crippen molar-refractivity contribution in [1.82, 2.24) is 0 Å². The molecule has 1 rings (SSSR count). The second-order valence-corrected chi connectivity index (χ2v) is 5.45. The second-order valence-electron chi connectivity index (χ2n) is 5.45. The largest absolute Gasteiger partial charge is 0.463 e. The Labute approximate surface area is 105 Å². The summed E-state index contributed by atoms with van der Waals surface area (Å²) in [4.78, 5) is 11.1. The number of hydrogen-bond acceptors (Lipinski definition) is 2. The van der Waals surface area contributed by atoms with Crippen LogP contribution in [0.1, 0.15) is 66.2 Å². The van der Waals surface area contributed by atoms with E-state index in [-0.39, 0.29) is 17.5 Å². The van der Waals surface area contributed by atoms with Gasteiger partial charge in [0.25, 0.3) is 0 Å². The first-order valence-corrected chi connectivity index (χ1v) is 6.84. The van der Waals surface area contributed by atoms with Gasteiger partial charge in [0.05, 0.1) is 0 Å². The molecule has 0 radical (unpaired) electrons. The lowest BCUT2D eigenvalue weighted by molar-refractivity contribution is -0.149. The molecule has 0 spiro atoms. The topological polar surface area (TPSA) is 26.3 Å². The van der Waals surface area contributed by atoms with Crippen LogP contribution in [0.4, 0.5) is 0 Å². The number of allylic oxidation sites excluding steroid dienone is 2. The van der Waals surface area contributed by atoms with Gasteiger partial charge in [0, 0.05) is 6.92 Å². The zero-order valence-corrected chi connectivity index (χ0v) is 11.7. The third-order valence-electron chi connectivity index (χ3n) is 3.91. The molecule has 2 unspecified atom stereocenters. The smallest absolute Gasteiger partial charge is 0.302 e. The molecule has 1 fully saturated rings. The molecule has 0 N–H and O–H groups in total. The Morgan fingerprint density at radius 3 is 2.76 bits per heavy atom. The maximum absolute atomic E-state index is 11.1. The molecule has 0 bridgehead atoms. The van der Waals surface area contributed by atoms with Crippen molar-refractivity contribution in [3.05, 3.63) is 11.6 Å². The van der Waals surface area contributed by atoms with Gasteiger partial charge >= 0.3 is 5.97 Å². The predicted octanol–water partition coefficient (Wildman–Crippen LogP) is 4.24. The summed E-state index contributed by atoms with van der Waals surface area (Å²) in [7, 11) is 0. The quantitative estimate of drug-likeness (QED) is 0.541. The first kappa shape index (κ1) is 14.3. The van der Waals surface area contributed by atoms with Crippen LogP contribution in [0, 0.1) is 5.41 Å². The summed E-state index contributed by atoms with van der Waals surface area (Å²) >= 11 is 0. The molecule has 1 aliphatic carbocycles. The van der Waals surface area contributed by atoms with Crippen LogP contribution in [0.5, 0.6) is 0 Å². The predicted molar refractivity (Wildman–Crippen MR) is 70.8 cm³/mol. The van der Waals surface area contributed by atoms with Crippen molar-refractivity contribution in [2.75, 3.05) is 0 Å². The van der Waals surface area contributed by atoms with Crippen molar-refractivity contribution < 1.29 is 9.53 Å². The molecule has 1 aliphatic rings. The van der Waals surface area contributed by atoms with Crippen molar-refractivity contribution >= 4 is 5.97 Å². The first-order chi connectivity index (χ1) is 8.01. The minimum atomic E-state index is -0.142. The molecule has 1 saturated carbocycles. The number of carbonyl (C=O) groups excluding carboxylic acids is 1. The van der Waals surface area contributed by atoms with Crippen LogP contribution in [0.25, 0.3) is 0 Å². The van der Waals surface area contributed by atoms with Gasteiger partial charge in [-0.15, -0.1) is 0 Å². The van der Waals surface area contributed by atoms with Crippen molar-refractivity contribution in [3.63, 3.8) is 0 Å². The minimum absolute atomic E-state index is 0.123. The van der Waals surface area contributed by atoms with E-state index < -0.39 is 0 Å². The van der Waals surface area contributed by atoms with E-state index >= 15 is 0 Å². The van der Waals surface area contributed by atoms with E-state index in [2.05, 4.69) is 26.8 Å². The highest BCUT2D eigenvalue weighted by atomic mass is 16.5. The van der Waals surface area contributed by atoms with Gasteiger partial charge < -0.3 is 4.74 Å². The van der Waals surface area contributed by atoms with Crippen LogP contribution >= 0.6 is 0 Å². The molecule has 0 aliphatic heterocycles. The average molecular weight is 238 g/mol. The highest BCUT2D eigenvalue weighted by Gasteiger charge is 2.35. The second kappa shape index (κ2) is 6.23. The molecule has 0 saturated heterocycles. The lowest BCUT2D eigenvalue weighted by Gasteiger charge is -2.39. The summed E-state index contributed by atoms with van der Waals surface area (Å²) in [5, 5.41) is 0. The van der Waals surface area contributed by atoms with Crippen molar-refractivity contribution in [1.29, 1.82) is 0 Å². The zero-order chi connectivity index (χ0) is 12.9. The van der Waals surface area contributed by atoms with Gasteiger partial charge in [0.15, 0.2) is 0 Å². The van der Waals surface area contributed by atoms with E-state index in [1.807, 2.05) is 0 Å². The third kappa shape index (κ3) is 3.86. The summed E-state index contributed by atoms with van der Waals surface area (Å²) in [6.07, 6.45) is 9.15. The number of hydrogen-bond donors (Lipinski definition) is 0. The Balaban J connectivity index is 2.71. The molecule has 0 aromatic heterocycles. The summed E-state index contributed by atoms with van der Waals surface area (Å²) < 4.78 is 5.39. The fourth-order valence-electron chi connectivity index (χ4n) is 3.12. The molecule has 0 heterocycles. The van der Waals surface area contributed by atoms with E-state index in [9.17, 15) is 4.79 Å². The number of esters is 1. The van der Waals surface area contributed by atoms with E-state index in [0.29, 0.717) is 0 Å². The molecular weight excluding hydrogens is 212 g/mol. The van der Waals surface area contributed by atoms with Crippen LogP contribution in [0.3, 0.4) is 0 Å². The number of carbonyl (C=O) groups is 1. The molecule has 2 nitrogen and oxygen atoms in total. The van der Waals surface area contributed by atoms with Gasteiger partial charge in [-0.1, -0.05) is 31.9 Å². The van der Waals surface area contributed by atoms with Crippen LogP contribution < -0.4 is 0 Å².